The monoisotopic (exact) mass is 360 g/mol. The maximum atomic E-state index is 12.5. The highest BCUT2D eigenvalue weighted by Gasteiger charge is 2.39. The van der Waals surface area contributed by atoms with Gasteiger partial charge in [0.05, 0.1) is 12.3 Å². The van der Waals surface area contributed by atoms with E-state index in [4.69, 9.17) is 4.74 Å². The third-order valence-electron chi connectivity index (χ3n) is 3.73. The number of ether oxygens (including phenoxy) is 1. The number of methoxy groups -OCH3 is 1. The van der Waals surface area contributed by atoms with Crippen LogP contribution in [0.2, 0.25) is 0 Å². The molecule has 1 amide bonds. The molecule has 0 spiro atoms. The highest BCUT2D eigenvalue weighted by atomic mass is 19.4. The first kappa shape index (κ1) is 19.4. The number of anilines is 1. The van der Waals surface area contributed by atoms with Crippen molar-refractivity contribution < 1.29 is 22.7 Å². The van der Waals surface area contributed by atoms with E-state index in [1.54, 1.807) is 13.2 Å². The van der Waals surface area contributed by atoms with E-state index in [0.717, 1.165) is 4.90 Å². The van der Waals surface area contributed by atoms with Crippen molar-refractivity contribution in [2.75, 3.05) is 25.5 Å². The highest BCUT2D eigenvalue weighted by molar-refractivity contribution is 5.86. The molecule has 0 bridgehead atoms. The molecule has 1 unspecified atom stereocenters. The number of aromatic nitrogens is 2. The fraction of sp³-hybridized carbons (Fsp3) is 0.688. The minimum Gasteiger partial charge on any atom is -0.378 e. The zero-order chi connectivity index (χ0) is 18.8. The molecule has 25 heavy (non-hydrogen) atoms. The Bertz CT molecular complexity index is 629. The van der Waals surface area contributed by atoms with Gasteiger partial charge in [0.25, 0.3) is 0 Å². The maximum absolute atomic E-state index is 12.5. The Morgan fingerprint density at radius 1 is 1.32 bits per heavy atom. The molecular weight excluding hydrogens is 337 g/mol. The molecule has 0 aliphatic carbocycles. The molecule has 0 aromatic carbocycles. The van der Waals surface area contributed by atoms with Crippen LogP contribution >= 0.6 is 0 Å². The summed E-state index contributed by atoms with van der Waals surface area (Å²) >= 11 is 0. The lowest BCUT2D eigenvalue weighted by Crippen LogP contribution is -2.39. The van der Waals surface area contributed by atoms with Crippen LogP contribution in [-0.2, 0) is 21.6 Å². The Labute approximate surface area is 144 Å². The minimum atomic E-state index is -4.40. The quantitative estimate of drug-likeness (QED) is 0.874. The maximum Gasteiger partial charge on any atom is 0.406 e. The lowest BCUT2D eigenvalue weighted by molar-refractivity contribution is -0.157. The van der Waals surface area contributed by atoms with Gasteiger partial charge in [-0.05, 0) is 6.42 Å². The average molecular weight is 360 g/mol. The Balaban J connectivity index is 2.17. The van der Waals surface area contributed by atoms with Crippen LogP contribution in [0, 0.1) is 0 Å². The number of carbonyl (C=O) groups is 1. The fourth-order valence-corrected chi connectivity index (χ4v) is 2.55. The average Bonchev–Trinajstić information content (AvgIpc) is 2.78. The molecule has 0 radical (unpaired) electrons. The lowest BCUT2D eigenvalue weighted by atomic mass is 9.95. The fourth-order valence-electron chi connectivity index (χ4n) is 2.55. The Morgan fingerprint density at radius 2 is 2.00 bits per heavy atom. The zero-order valence-corrected chi connectivity index (χ0v) is 14.8. The number of nitrogens with zero attached hydrogens (tertiary/aromatic N) is 3. The van der Waals surface area contributed by atoms with Gasteiger partial charge in [-0.25, -0.2) is 9.97 Å². The van der Waals surface area contributed by atoms with E-state index in [2.05, 4.69) is 15.3 Å². The molecule has 1 aliphatic rings. The predicted octanol–water partition coefficient (Wildman–Crippen LogP) is 2.50. The summed E-state index contributed by atoms with van der Waals surface area (Å²) in [5.74, 6) is 0.419. The van der Waals surface area contributed by atoms with Crippen molar-refractivity contribution in [1.82, 2.24) is 14.9 Å². The van der Waals surface area contributed by atoms with Gasteiger partial charge < -0.3 is 15.0 Å². The summed E-state index contributed by atoms with van der Waals surface area (Å²) in [5, 5.41) is 2.95. The summed E-state index contributed by atoms with van der Waals surface area (Å²) in [7, 11) is 1.54. The van der Waals surface area contributed by atoms with Crippen LogP contribution in [0.4, 0.5) is 19.0 Å². The van der Waals surface area contributed by atoms with Gasteiger partial charge in [0.15, 0.2) is 0 Å². The normalized spacial score (nSPS) is 18.8. The van der Waals surface area contributed by atoms with E-state index in [1.165, 1.54) is 0 Å². The van der Waals surface area contributed by atoms with Crippen molar-refractivity contribution in [3.05, 3.63) is 17.6 Å². The molecule has 1 fully saturated rings. The molecule has 2 heterocycles. The van der Waals surface area contributed by atoms with Crippen LogP contribution < -0.4 is 5.32 Å². The second-order valence-electron chi connectivity index (χ2n) is 7.11. The Hall–Kier alpha value is -1.90. The Kier molecular flexibility index (Phi) is 5.55. The smallest absolute Gasteiger partial charge is 0.378 e. The standard InChI is InChI=1S/C16H23F3N4O2/c1-15(2,3)14-20-10(8-25-4)7-12(22-14)21-11-5-6-23(13(11)24)9-16(17,18)19/h7,11H,5-6,8-9H2,1-4H3,(H,20,21,22). The molecule has 6 nitrogen and oxygen atoms in total. The SMILES string of the molecule is COCc1cc(NC2CCN(CC(F)(F)F)C2=O)nc(C(C)(C)C)n1. The van der Waals surface area contributed by atoms with Crippen molar-refractivity contribution in [2.45, 2.75) is 51.4 Å². The summed E-state index contributed by atoms with van der Waals surface area (Å²) in [6, 6.07) is 0.929. The van der Waals surface area contributed by atoms with Crippen molar-refractivity contribution in [3.63, 3.8) is 0 Å². The minimum absolute atomic E-state index is 0.0676. The van der Waals surface area contributed by atoms with Gasteiger partial charge >= 0.3 is 6.18 Å². The van der Waals surface area contributed by atoms with E-state index < -0.39 is 24.7 Å². The van der Waals surface area contributed by atoms with Crippen LogP contribution in [0.1, 0.15) is 38.7 Å². The van der Waals surface area contributed by atoms with Crippen LogP contribution in [0.15, 0.2) is 6.07 Å². The van der Waals surface area contributed by atoms with Crippen molar-refractivity contribution in [1.29, 1.82) is 0 Å². The van der Waals surface area contributed by atoms with Gasteiger partial charge in [-0.15, -0.1) is 0 Å². The molecule has 2 rings (SSSR count). The number of alkyl halides is 3. The third-order valence-corrected chi connectivity index (χ3v) is 3.73. The van der Waals surface area contributed by atoms with Crippen molar-refractivity contribution in [3.8, 4) is 0 Å². The van der Waals surface area contributed by atoms with Crippen LogP contribution in [0.25, 0.3) is 0 Å². The molecule has 9 heteroatoms. The van der Waals surface area contributed by atoms with Gasteiger partial charge in [-0.2, -0.15) is 13.2 Å². The summed E-state index contributed by atoms with van der Waals surface area (Å²) in [6.45, 7) is 4.98. The van der Waals surface area contributed by atoms with Gasteiger partial charge in [-0.1, -0.05) is 20.8 Å². The summed E-state index contributed by atoms with van der Waals surface area (Å²) in [5.41, 5.74) is 0.324. The molecule has 1 N–H and O–H groups in total. The number of rotatable bonds is 5. The second kappa shape index (κ2) is 7.15. The largest absolute Gasteiger partial charge is 0.406 e. The van der Waals surface area contributed by atoms with E-state index >= 15 is 0 Å². The van der Waals surface area contributed by atoms with Gasteiger partial charge in [0, 0.05) is 25.1 Å². The number of nitrogens with one attached hydrogen (secondary N) is 1. The van der Waals surface area contributed by atoms with Gasteiger partial charge in [-0.3, -0.25) is 4.79 Å². The number of amides is 1. The molecule has 1 aliphatic heterocycles. The lowest BCUT2D eigenvalue weighted by Gasteiger charge is -2.21. The number of hydrogen-bond donors (Lipinski definition) is 1. The first-order valence-electron chi connectivity index (χ1n) is 7.99. The molecule has 1 atom stereocenters. The molecular formula is C16H23F3N4O2. The van der Waals surface area contributed by atoms with Gasteiger partial charge in [0.1, 0.15) is 24.2 Å². The predicted molar refractivity (Wildman–Crippen MR) is 86.1 cm³/mol. The summed E-state index contributed by atoms with van der Waals surface area (Å²) in [6.07, 6.45) is -4.10. The van der Waals surface area contributed by atoms with E-state index in [1.807, 2.05) is 20.8 Å². The molecule has 1 aromatic heterocycles. The molecule has 140 valence electrons. The van der Waals surface area contributed by atoms with E-state index in [9.17, 15) is 18.0 Å². The third kappa shape index (κ3) is 5.29. The van der Waals surface area contributed by atoms with E-state index in [-0.39, 0.29) is 18.6 Å². The van der Waals surface area contributed by atoms with Crippen molar-refractivity contribution in [2.24, 2.45) is 0 Å². The summed E-state index contributed by atoms with van der Waals surface area (Å²) in [4.78, 5) is 21.8. The number of halogens is 3. The van der Waals surface area contributed by atoms with Crippen LogP contribution in [-0.4, -0.2) is 53.2 Å². The number of hydrogen-bond acceptors (Lipinski definition) is 5. The zero-order valence-electron chi connectivity index (χ0n) is 14.8. The number of carbonyl (C=O) groups excluding carboxylic acids is 1. The topological polar surface area (TPSA) is 67.3 Å². The van der Waals surface area contributed by atoms with Crippen LogP contribution in [0.3, 0.4) is 0 Å². The highest BCUT2D eigenvalue weighted by Crippen LogP contribution is 2.24. The first-order valence-corrected chi connectivity index (χ1v) is 7.99. The van der Waals surface area contributed by atoms with Crippen molar-refractivity contribution >= 4 is 11.7 Å². The van der Waals surface area contributed by atoms with Crippen LogP contribution in [0.5, 0.6) is 0 Å². The molecule has 1 aromatic rings. The Morgan fingerprint density at radius 3 is 2.56 bits per heavy atom. The first-order chi connectivity index (χ1) is 11.5. The molecule has 1 saturated heterocycles. The van der Waals surface area contributed by atoms with Gasteiger partial charge in [0.2, 0.25) is 5.91 Å². The number of likely N-dealkylation sites (tertiary alicyclic amines) is 1. The van der Waals surface area contributed by atoms with E-state index in [0.29, 0.717) is 23.8 Å². The second-order valence-corrected chi connectivity index (χ2v) is 7.11. The summed E-state index contributed by atoms with van der Waals surface area (Å²) < 4.78 is 42.6. The molecule has 0 saturated carbocycles.